The van der Waals surface area contributed by atoms with Gasteiger partial charge in [0.15, 0.2) is 5.78 Å². The van der Waals surface area contributed by atoms with Gasteiger partial charge in [0.25, 0.3) is 0 Å². The van der Waals surface area contributed by atoms with Crippen molar-refractivity contribution < 1.29 is 14.3 Å². The van der Waals surface area contributed by atoms with Crippen LogP contribution in [-0.4, -0.2) is 36.3 Å². The number of benzene rings is 1. The van der Waals surface area contributed by atoms with Crippen LogP contribution in [0.15, 0.2) is 30.3 Å². The molecule has 0 radical (unpaired) electrons. The molecule has 1 fully saturated rings. The van der Waals surface area contributed by atoms with Crippen molar-refractivity contribution in [3.8, 4) is 5.75 Å². The van der Waals surface area contributed by atoms with Crippen molar-refractivity contribution in [3.63, 3.8) is 0 Å². The van der Waals surface area contributed by atoms with Crippen LogP contribution >= 0.6 is 0 Å². The van der Waals surface area contributed by atoms with E-state index in [4.69, 9.17) is 4.74 Å². The van der Waals surface area contributed by atoms with Crippen molar-refractivity contribution in [3.05, 3.63) is 30.3 Å². The Labute approximate surface area is 100 Å². The van der Waals surface area contributed by atoms with Gasteiger partial charge in [-0.3, -0.25) is 9.59 Å². The molecule has 0 aliphatic carbocycles. The Kier molecular flexibility index (Phi) is 3.75. The molecule has 4 nitrogen and oxygen atoms in total. The average molecular weight is 233 g/mol. The number of carbonyl (C=O) groups is 2. The fourth-order valence-corrected chi connectivity index (χ4v) is 1.80. The third-order valence-electron chi connectivity index (χ3n) is 2.65. The first-order chi connectivity index (χ1) is 8.25. The molecule has 0 N–H and O–H groups in total. The minimum absolute atomic E-state index is 0.0129. The fraction of sp³-hybridized carbons (Fsp3) is 0.385. The monoisotopic (exact) mass is 233 g/mol. The summed E-state index contributed by atoms with van der Waals surface area (Å²) in [7, 11) is 0. The molecular formula is C13H15NO3. The molecule has 0 saturated carbocycles. The quantitative estimate of drug-likeness (QED) is 0.568. The zero-order valence-electron chi connectivity index (χ0n) is 9.59. The summed E-state index contributed by atoms with van der Waals surface area (Å²) >= 11 is 0. The second-order valence-electron chi connectivity index (χ2n) is 4.05. The summed E-state index contributed by atoms with van der Waals surface area (Å²) in [6, 6.07) is 9.55. The van der Waals surface area contributed by atoms with Gasteiger partial charge in [0.2, 0.25) is 5.91 Å². The van der Waals surface area contributed by atoms with E-state index in [0.29, 0.717) is 13.2 Å². The Morgan fingerprint density at radius 2 is 1.94 bits per heavy atom. The van der Waals surface area contributed by atoms with Crippen LogP contribution in [-0.2, 0) is 9.59 Å². The lowest BCUT2D eigenvalue weighted by molar-refractivity contribution is -0.127. The van der Waals surface area contributed by atoms with Crippen LogP contribution in [0.5, 0.6) is 5.75 Å². The second-order valence-corrected chi connectivity index (χ2v) is 4.05. The normalized spacial score (nSPS) is 15.4. The lowest BCUT2D eigenvalue weighted by atomic mass is 10.3. The maximum Gasteiger partial charge on any atom is 0.230 e. The molecule has 4 heteroatoms. The first-order valence-electron chi connectivity index (χ1n) is 5.73. The molecule has 1 aliphatic rings. The number of hydrogen-bond donors (Lipinski definition) is 0. The van der Waals surface area contributed by atoms with Gasteiger partial charge in [-0.05, 0) is 18.6 Å². The number of amides is 1. The van der Waals surface area contributed by atoms with Crippen LogP contribution in [0.2, 0.25) is 0 Å². The fourth-order valence-electron chi connectivity index (χ4n) is 1.80. The van der Waals surface area contributed by atoms with Crippen LogP contribution in [0, 0.1) is 0 Å². The first kappa shape index (κ1) is 11.6. The van der Waals surface area contributed by atoms with E-state index in [1.54, 1.807) is 4.90 Å². The highest BCUT2D eigenvalue weighted by Gasteiger charge is 2.26. The summed E-state index contributed by atoms with van der Waals surface area (Å²) in [4.78, 5) is 23.9. The highest BCUT2D eigenvalue weighted by Crippen LogP contribution is 2.10. The molecule has 0 aromatic heterocycles. The van der Waals surface area contributed by atoms with E-state index < -0.39 is 0 Å². The average Bonchev–Trinajstić information content (AvgIpc) is 2.65. The molecule has 1 aromatic carbocycles. The highest BCUT2D eigenvalue weighted by atomic mass is 16.5. The van der Waals surface area contributed by atoms with Crippen LogP contribution in [0.4, 0.5) is 0 Å². The summed E-state index contributed by atoms with van der Waals surface area (Å²) < 4.78 is 5.50. The molecule has 90 valence electrons. The van der Waals surface area contributed by atoms with Crippen LogP contribution in [0.1, 0.15) is 12.8 Å². The van der Waals surface area contributed by atoms with Gasteiger partial charge in [0, 0.05) is 6.54 Å². The number of para-hydroxylation sites is 1. The van der Waals surface area contributed by atoms with Crippen LogP contribution in [0.25, 0.3) is 0 Å². The number of likely N-dealkylation sites (tertiary alicyclic amines) is 1. The Balaban J connectivity index is 1.67. The Hall–Kier alpha value is -1.84. The molecule has 1 aliphatic heterocycles. The number of rotatable bonds is 5. The molecule has 1 heterocycles. The topological polar surface area (TPSA) is 46.6 Å². The number of Topliss-reactive ketones (excluding diaryl/α,β-unsaturated/α-hetero) is 1. The van der Waals surface area contributed by atoms with Crippen LogP contribution in [0.3, 0.4) is 0 Å². The van der Waals surface area contributed by atoms with E-state index in [-0.39, 0.29) is 24.7 Å². The zero-order valence-corrected chi connectivity index (χ0v) is 9.59. The third kappa shape index (κ3) is 3.31. The van der Waals surface area contributed by atoms with Gasteiger partial charge in [-0.2, -0.15) is 0 Å². The minimum Gasteiger partial charge on any atom is -0.494 e. The summed E-state index contributed by atoms with van der Waals surface area (Å²) in [6.07, 6.45) is 0.813. The Bertz CT molecular complexity index is 402. The predicted molar refractivity (Wildman–Crippen MR) is 62.8 cm³/mol. The van der Waals surface area contributed by atoms with Crippen molar-refractivity contribution in [2.75, 3.05) is 19.7 Å². The smallest absolute Gasteiger partial charge is 0.230 e. The van der Waals surface area contributed by atoms with Crippen molar-refractivity contribution in [1.82, 2.24) is 4.90 Å². The van der Waals surface area contributed by atoms with Crippen LogP contribution < -0.4 is 4.74 Å². The van der Waals surface area contributed by atoms with Crippen molar-refractivity contribution in [2.45, 2.75) is 12.8 Å². The van der Waals surface area contributed by atoms with Gasteiger partial charge >= 0.3 is 0 Å². The zero-order chi connectivity index (χ0) is 12.1. The summed E-state index contributed by atoms with van der Waals surface area (Å²) in [5, 5.41) is 0. The SMILES string of the molecule is O=C1CC(=O)N(CCCOc2ccccc2)C1. The second kappa shape index (κ2) is 5.48. The molecule has 0 bridgehead atoms. The molecule has 0 spiro atoms. The largest absolute Gasteiger partial charge is 0.494 e. The van der Waals surface area contributed by atoms with E-state index in [9.17, 15) is 9.59 Å². The first-order valence-corrected chi connectivity index (χ1v) is 5.73. The number of carbonyl (C=O) groups excluding carboxylic acids is 2. The van der Waals surface area contributed by atoms with E-state index in [1.165, 1.54) is 0 Å². The highest BCUT2D eigenvalue weighted by molar-refractivity contribution is 6.05. The van der Waals surface area contributed by atoms with Crippen molar-refractivity contribution in [1.29, 1.82) is 0 Å². The predicted octanol–water partition coefficient (Wildman–Crippen LogP) is 1.26. The summed E-state index contributed by atoms with van der Waals surface area (Å²) in [6.45, 7) is 1.42. The van der Waals surface area contributed by atoms with Crippen molar-refractivity contribution in [2.24, 2.45) is 0 Å². The van der Waals surface area contributed by atoms with E-state index in [0.717, 1.165) is 12.2 Å². The number of nitrogens with zero attached hydrogens (tertiary/aromatic N) is 1. The molecular weight excluding hydrogens is 218 g/mol. The van der Waals surface area contributed by atoms with E-state index in [2.05, 4.69) is 0 Å². The molecule has 1 saturated heterocycles. The maximum atomic E-state index is 11.3. The molecule has 17 heavy (non-hydrogen) atoms. The minimum atomic E-state index is -0.0605. The van der Waals surface area contributed by atoms with Crippen molar-refractivity contribution >= 4 is 11.7 Å². The molecule has 0 unspecified atom stereocenters. The van der Waals surface area contributed by atoms with Gasteiger partial charge in [-0.15, -0.1) is 0 Å². The lowest BCUT2D eigenvalue weighted by Gasteiger charge is -2.14. The number of hydrogen-bond acceptors (Lipinski definition) is 3. The summed E-state index contributed by atoms with van der Waals surface area (Å²) in [5.74, 6) is 0.782. The third-order valence-corrected chi connectivity index (χ3v) is 2.65. The van der Waals surface area contributed by atoms with Gasteiger partial charge in [0.05, 0.1) is 19.6 Å². The Morgan fingerprint density at radius 3 is 2.59 bits per heavy atom. The van der Waals surface area contributed by atoms with E-state index >= 15 is 0 Å². The van der Waals surface area contributed by atoms with Gasteiger partial charge in [0.1, 0.15) is 5.75 Å². The number of ketones is 1. The number of ether oxygens (including phenoxy) is 1. The molecule has 1 amide bonds. The Morgan fingerprint density at radius 1 is 1.18 bits per heavy atom. The van der Waals surface area contributed by atoms with E-state index in [1.807, 2.05) is 30.3 Å². The van der Waals surface area contributed by atoms with Gasteiger partial charge < -0.3 is 9.64 Å². The molecule has 2 rings (SSSR count). The van der Waals surface area contributed by atoms with Gasteiger partial charge in [-0.1, -0.05) is 18.2 Å². The standard InChI is InChI=1S/C13H15NO3/c15-11-9-13(16)14(10-11)7-4-8-17-12-5-2-1-3-6-12/h1-3,5-6H,4,7-10H2. The van der Waals surface area contributed by atoms with Gasteiger partial charge in [-0.25, -0.2) is 0 Å². The maximum absolute atomic E-state index is 11.3. The lowest BCUT2D eigenvalue weighted by Crippen LogP contribution is -2.27. The molecule has 0 atom stereocenters. The summed E-state index contributed by atoms with van der Waals surface area (Å²) in [5.41, 5.74) is 0. The molecule has 1 aromatic rings.